The van der Waals surface area contributed by atoms with Crippen molar-refractivity contribution >= 4 is 17.6 Å². The second-order valence-electron chi connectivity index (χ2n) is 10.7. The fourth-order valence-electron chi connectivity index (χ4n) is 5.77. The molecule has 0 radical (unpaired) electrons. The van der Waals surface area contributed by atoms with Crippen molar-refractivity contribution in [2.45, 2.75) is 81.6 Å². The van der Waals surface area contributed by atoms with Crippen molar-refractivity contribution in [1.29, 1.82) is 0 Å². The maximum atomic E-state index is 15.1. The van der Waals surface area contributed by atoms with E-state index >= 15 is 4.39 Å². The van der Waals surface area contributed by atoms with Gasteiger partial charge in [-0.25, -0.2) is 9.18 Å². The molecule has 3 rings (SSSR count). The summed E-state index contributed by atoms with van der Waals surface area (Å²) in [5.74, 6) is -0.211. The van der Waals surface area contributed by atoms with E-state index in [4.69, 9.17) is 21.1 Å². The van der Waals surface area contributed by atoms with E-state index < -0.39 is 29.7 Å². The largest absolute Gasteiger partial charge is 0.390 e. The van der Waals surface area contributed by atoms with Crippen LogP contribution in [0.3, 0.4) is 0 Å². The highest BCUT2D eigenvalue weighted by Crippen LogP contribution is 2.38. The monoisotopic (exact) mass is 557 g/mol. The molecule has 2 aliphatic rings. The summed E-state index contributed by atoms with van der Waals surface area (Å²) in [6.07, 6.45) is 6.45. The molecule has 216 valence electrons. The number of amides is 2. The number of carbonyl (C=O) groups is 1. The fraction of sp³-hybridized carbons (Fsp3) is 0.750. The number of nitrogens with one attached hydrogen (secondary N) is 2. The molecule has 4 N–H and O–H groups in total. The summed E-state index contributed by atoms with van der Waals surface area (Å²) in [6, 6.07) is 3.86. The average molecular weight is 558 g/mol. The van der Waals surface area contributed by atoms with Crippen LogP contribution >= 0.6 is 11.6 Å². The number of morpholine rings is 1. The highest BCUT2D eigenvalue weighted by Gasteiger charge is 2.44. The summed E-state index contributed by atoms with van der Waals surface area (Å²) in [7, 11) is 3.39. The van der Waals surface area contributed by atoms with E-state index in [-0.39, 0.29) is 36.2 Å². The number of hydrogen-bond donors (Lipinski definition) is 4. The third-order valence-corrected chi connectivity index (χ3v) is 8.25. The molecule has 38 heavy (non-hydrogen) atoms. The smallest absolute Gasteiger partial charge is 0.317 e. The predicted octanol–water partition coefficient (Wildman–Crippen LogP) is 3.81. The standard InChI is InChI=1S/C28H45ClFN3O5/c1-31-18-24(34)23(17-20-9-4-3-5-10-20)32-27(35)33-14-16-38-25(19-33)28(36,13-6-7-15-37-2)21-11-8-12-22(29)26(21)30/h8,11-12,20,23-25,31,34,36H,3-7,9-10,13-19H2,1-2H3,(H,32,35). The van der Waals surface area contributed by atoms with Crippen molar-refractivity contribution in [3.05, 3.63) is 34.6 Å². The molecule has 1 saturated carbocycles. The molecule has 0 bridgehead atoms. The van der Waals surface area contributed by atoms with Gasteiger partial charge in [-0.05, 0) is 44.7 Å². The van der Waals surface area contributed by atoms with Crippen LogP contribution in [0.4, 0.5) is 9.18 Å². The number of urea groups is 1. The van der Waals surface area contributed by atoms with Crippen LogP contribution in [0.25, 0.3) is 0 Å². The minimum absolute atomic E-state index is 0.0642. The number of benzene rings is 1. The SMILES string of the molecule is CNCC(O)C(CC1CCCCC1)NC(=O)N1CCOC(C(O)(CCCCOC)c2cccc(Cl)c2F)C1. The normalized spacial score (nSPS) is 22.1. The van der Waals surface area contributed by atoms with Gasteiger partial charge < -0.3 is 35.2 Å². The van der Waals surface area contributed by atoms with Gasteiger partial charge in [0, 0.05) is 32.4 Å². The number of methoxy groups -OCH3 is 1. The number of nitrogens with zero attached hydrogens (tertiary/aromatic N) is 1. The zero-order chi connectivity index (χ0) is 27.5. The van der Waals surface area contributed by atoms with Crippen LogP contribution < -0.4 is 10.6 Å². The number of unbranched alkanes of at least 4 members (excludes halogenated alkanes) is 1. The highest BCUT2D eigenvalue weighted by atomic mass is 35.5. The molecular formula is C28H45ClFN3O5. The van der Waals surface area contributed by atoms with Gasteiger partial charge in [-0.3, -0.25) is 0 Å². The molecule has 4 atom stereocenters. The Morgan fingerprint density at radius 3 is 2.79 bits per heavy atom. The molecule has 0 aromatic heterocycles. The van der Waals surface area contributed by atoms with Crippen LogP contribution in [0, 0.1) is 11.7 Å². The Morgan fingerprint density at radius 2 is 2.08 bits per heavy atom. The Bertz CT molecular complexity index is 875. The Labute approximate surface area is 231 Å². The van der Waals surface area contributed by atoms with Crippen molar-refractivity contribution < 1.29 is 28.9 Å². The first-order valence-electron chi connectivity index (χ1n) is 14.0. The number of halogens is 2. The number of rotatable bonds is 13. The molecule has 1 aliphatic carbocycles. The molecule has 1 heterocycles. The highest BCUT2D eigenvalue weighted by molar-refractivity contribution is 6.30. The lowest BCUT2D eigenvalue weighted by atomic mass is 9.82. The lowest BCUT2D eigenvalue weighted by Gasteiger charge is -2.43. The second-order valence-corrected chi connectivity index (χ2v) is 11.1. The number of carbonyl (C=O) groups excluding carboxylic acids is 1. The summed E-state index contributed by atoms with van der Waals surface area (Å²) in [5, 5.41) is 28.7. The van der Waals surface area contributed by atoms with Gasteiger partial charge in [0.05, 0.1) is 30.3 Å². The molecule has 1 aliphatic heterocycles. The fourth-order valence-corrected chi connectivity index (χ4v) is 5.94. The van der Waals surface area contributed by atoms with Crippen molar-refractivity contribution in [1.82, 2.24) is 15.5 Å². The third-order valence-electron chi connectivity index (χ3n) is 7.96. The zero-order valence-corrected chi connectivity index (χ0v) is 23.5. The molecule has 0 spiro atoms. The molecule has 1 aromatic carbocycles. The van der Waals surface area contributed by atoms with Crippen LogP contribution in [0.5, 0.6) is 0 Å². The number of aliphatic hydroxyl groups is 2. The van der Waals surface area contributed by atoms with Crippen LogP contribution in [-0.2, 0) is 15.1 Å². The van der Waals surface area contributed by atoms with E-state index in [9.17, 15) is 15.0 Å². The zero-order valence-electron chi connectivity index (χ0n) is 22.8. The van der Waals surface area contributed by atoms with E-state index in [1.165, 1.54) is 31.4 Å². The number of hydrogen-bond acceptors (Lipinski definition) is 6. The van der Waals surface area contributed by atoms with Crippen molar-refractivity contribution in [2.75, 3.05) is 47.0 Å². The summed E-state index contributed by atoms with van der Waals surface area (Å²) in [5.41, 5.74) is -1.62. The lowest BCUT2D eigenvalue weighted by Crippen LogP contribution is -2.59. The summed E-state index contributed by atoms with van der Waals surface area (Å²) < 4.78 is 26.2. The quantitative estimate of drug-likeness (QED) is 0.275. The van der Waals surface area contributed by atoms with Gasteiger partial charge in [0.1, 0.15) is 17.5 Å². The maximum absolute atomic E-state index is 15.1. The van der Waals surface area contributed by atoms with Gasteiger partial charge in [-0.15, -0.1) is 0 Å². The summed E-state index contributed by atoms with van der Waals surface area (Å²) in [6.45, 7) is 1.51. The maximum Gasteiger partial charge on any atom is 0.317 e. The molecule has 1 saturated heterocycles. The first-order chi connectivity index (χ1) is 18.3. The first-order valence-corrected chi connectivity index (χ1v) is 14.3. The number of aliphatic hydroxyl groups excluding tert-OH is 1. The molecule has 2 fully saturated rings. The summed E-state index contributed by atoms with van der Waals surface area (Å²) in [4.78, 5) is 15.0. The molecule has 4 unspecified atom stereocenters. The third kappa shape index (κ3) is 8.26. The second kappa shape index (κ2) is 15.3. The van der Waals surface area contributed by atoms with Crippen LogP contribution in [0.15, 0.2) is 18.2 Å². The van der Waals surface area contributed by atoms with Gasteiger partial charge in [0.25, 0.3) is 0 Å². The Balaban J connectivity index is 1.75. The van der Waals surface area contributed by atoms with E-state index in [0.29, 0.717) is 38.5 Å². The molecular weight excluding hydrogens is 513 g/mol. The van der Waals surface area contributed by atoms with Crippen molar-refractivity contribution in [2.24, 2.45) is 5.92 Å². The number of ether oxygens (including phenoxy) is 2. The number of likely N-dealkylation sites (N-methyl/N-ethyl adjacent to an activating group) is 1. The molecule has 8 nitrogen and oxygen atoms in total. The summed E-state index contributed by atoms with van der Waals surface area (Å²) >= 11 is 6.06. The lowest BCUT2D eigenvalue weighted by molar-refractivity contribution is -0.147. The Morgan fingerprint density at radius 1 is 1.32 bits per heavy atom. The minimum Gasteiger partial charge on any atom is -0.390 e. The predicted molar refractivity (Wildman–Crippen MR) is 146 cm³/mol. The first kappa shape index (κ1) is 31.0. The van der Waals surface area contributed by atoms with Crippen LogP contribution in [0.2, 0.25) is 5.02 Å². The van der Waals surface area contributed by atoms with Gasteiger partial charge in [-0.2, -0.15) is 0 Å². The van der Waals surface area contributed by atoms with Crippen molar-refractivity contribution in [3.63, 3.8) is 0 Å². The average Bonchev–Trinajstić information content (AvgIpc) is 2.93. The topological polar surface area (TPSA) is 103 Å². The van der Waals surface area contributed by atoms with E-state index in [0.717, 1.165) is 19.3 Å². The van der Waals surface area contributed by atoms with Crippen LogP contribution in [0.1, 0.15) is 63.4 Å². The Hall–Kier alpha value is -1.49. The Kier molecular flexibility index (Phi) is 12.5. The molecule has 2 amide bonds. The molecule has 10 heteroatoms. The van der Waals surface area contributed by atoms with Gasteiger partial charge in [0.15, 0.2) is 0 Å². The molecule has 1 aromatic rings. The van der Waals surface area contributed by atoms with Gasteiger partial charge in [-0.1, -0.05) is 55.8 Å². The van der Waals surface area contributed by atoms with Gasteiger partial charge in [0.2, 0.25) is 0 Å². The van der Waals surface area contributed by atoms with Crippen LogP contribution in [-0.4, -0.2) is 86.4 Å². The van der Waals surface area contributed by atoms with Gasteiger partial charge >= 0.3 is 6.03 Å². The van der Waals surface area contributed by atoms with Crippen molar-refractivity contribution in [3.8, 4) is 0 Å². The van der Waals surface area contributed by atoms with E-state index in [2.05, 4.69) is 10.6 Å². The minimum atomic E-state index is -1.69. The van der Waals surface area contributed by atoms with E-state index in [1.54, 1.807) is 25.1 Å². The van der Waals surface area contributed by atoms with E-state index in [1.807, 2.05) is 0 Å².